The zero-order chi connectivity index (χ0) is 14.8. The lowest BCUT2D eigenvalue weighted by Crippen LogP contribution is -2.35. The number of amides is 1. The van der Waals surface area contributed by atoms with Crippen LogP contribution < -0.4 is 5.32 Å². The lowest BCUT2D eigenvalue weighted by molar-refractivity contribution is -0.132. The number of likely N-dealkylation sites (N-methyl/N-ethyl adjacent to an activating group) is 1. The topological polar surface area (TPSA) is 37.3 Å². The fraction of sp³-hybridized carbons (Fsp3) is 0.706. The molecule has 1 saturated carbocycles. The van der Waals surface area contributed by atoms with Crippen LogP contribution in [0.3, 0.4) is 0 Å². The van der Waals surface area contributed by atoms with E-state index in [0.717, 1.165) is 19.5 Å². The molecule has 2 aliphatic rings. The fourth-order valence-electron chi connectivity index (χ4n) is 3.57. The van der Waals surface area contributed by atoms with Gasteiger partial charge in [-0.25, -0.2) is 0 Å². The van der Waals surface area contributed by atoms with E-state index in [1.807, 2.05) is 4.90 Å². The number of fused-ring (bicyclic) bond motifs is 1. The highest BCUT2D eigenvalue weighted by Crippen LogP contribution is 2.31. The summed E-state index contributed by atoms with van der Waals surface area (Å²) in [6.45, 7) is 6.57. The lowest BCUT2D eigenvalue weighted by Gasteiger charge is -2.23. The summed E-state index contributed by atoms with van der Waals surface area (Å²) in [5.41, 5.74) is 2.83. The summed E-state index contributed by atoms with van der Waals surface area (Å²) in [4.78, 5) is 14.5. The first-order valence-corrected chi connectivity index (χ1v) is 8.44. The van der Waals surface area contributed by atoms with Crippen LogP contribution in [0.15, 0.2) is 12.4 Å². The monoisotopic (exact) mass is 289 g/mol. The number of hydrogen-bond acceptors (Lipinski definition) is 2. The van der Waals surface area contributed by atoms with Gasteiger partial charge in [-0.3, -0.25) is 4.79 Å². The minimum absolute atomic E-state index is 0.271. The van der Waals surface area contributed by atoms with E-state index in [1.54, 1.807) is 0 Å². The van der Waals surface area contributed by atoms with E-state index < -0.39 is 0 Å². The predicted molar refractivity (Wildman–Crippen MR) is 84.2 cm³/mol. The number of nitrogens with zero attached hydrogens (tertiary/aromatic N) is 2. The van der Waals surface area contributed by atoms with Gasteiger partial charge >= 0.3 is 0 Å². The van der Waals surface area contributed by atoms with Gasteiger partial charge in [0.05, 0.1) is 0 Å². The second-order valence-corrected chi connectivity index (χ2v) is 6.32. The molecule has 0 spiro atoms. The summed E-state index contributed by atoms with van der Waals surface area (Å²) >= 11 is 0. The first-order chi connectivity index (χ1) is 10.2. The minimum atomic E-state index is 0.271. The van der Waals surface area contributed by atoms with Crippen LogP contribution in [-0.2, 0) is 17.8 Å². The zero-order valence-electron chi connectivity index (χ0n) is 13.3. The summed E-state index contributed by atoms with van der Waals surface area (Å²) in [6.07, 6.45) is 10.4. The fourth-order valence-corrected chi connectivity index (χ4v) is 3.57. The predicted octanol–water partition coefficient (Wildman–Crippen LogP) is 2.49. The van der Waals surface area contributed by atoms with Gasteiger partial charge in [-0.15, -0.1) is 0 Å². The largest absolute Gasteiger partial charge is 0.344 e. The van der Waals surface area contributed by atoms with Crippen LogP contribution in [0, 0.1) is 0 Å². The molecule has 1 unspecified atom stereocenters. The quantitative estimate of drug-likeness (QED) is 0.873. The minimum Gasteiger partial charge on any atom is -0.344 e. The van der Waals surface area contributed by atoms with Crippen molar-refractivity contribution in [3.63, 3.8) is 0 Å². The Kier molecular flexibility index (Phi) is 4.34. The summed E-state index contributed by atoms with van der Waals surface area (Å²) < 4.78 is 2.10. The second kappa shape index (κ2) is 6.22. The summed E-state index contributed by atoms with van der Waals surface area (Å²) in [6, 6.07) is 0.989. The van der Waals surface area contributed by atoms with Gasteiger partial charge in [-0.2, -0.15) is 0 Å². The molecule has 1 amide bonds. The molecule has 0 radical (unpaired) electrons. The molecular weight excluding hydrogens is 262 g/mol. The summed E-state index contributed by atoms with van der Waals surface area (Å²) in [5.74, 6) is 0.271. The molecule has 1 heterocycles. The molecule has 0 aliphatic heterocycles. The Morgan fingerprint density at radius 3 is 2.81 bits per heavy atom. The molecule has 4 nitrogen and oxygen atoms in total. The van der Waals surface area contributed by atoms with Gasteiger partial charge in [0.15, 0.2) is 0 Å². The molecule has 0 bridgehead atoms. The van der Waals surface area contributed by atoms with E-state index in [-0.39, 0.29) is 5.91 Å². The number of carbonyl (C=O) groups excluding carboxylic acids is 1. The highest BCUT2D eigenvalue weighted by atomic mass is 16.2. The SMILES string of the molecule is CCNC1CCCc2cn(CC(=O)N(CC)C3CC3)cc21. The van der Waals surface area contributed by atoms with Gasteiger partial charge in [0.1, 0.15) is 6.54 Å². The van der Waals surface area contributed by atoms with Crippen LogP contribution >= 0.6 is 0 Å². The molecule has 2 aliphatic carbocycles. The van der Waals surface area contributed by atoms with E-state index in [1.165, 1.54) is 36.8 Å². The molecular formula is C17H27N3O. The van der Waals surface area contributed by atoms with E-state index in [0.29, 0.717) is 18.6 Å². The molecule has 4 heteroatoms. The van der Waals surface area contributed by atoms with Crippen molar-refractivity contribution in [1.29, 1.82) is 0 Å². The molecule has 1 fully saturated rings. The van der Waals surface area contributed by atoms with Gasteiger partial charge < -0.3 is 14.8 Å². The van der Waals surface area contributed by atoms with Gasteiger partial charge in [-0.05, 0) is 56.7 Å². The Balaban J connectivity index is 1.70. The molecule has 21 heavy (non-hydrogen) atoms. The maximum absolute atomic E-state index is 12.4. The summed E-state index contributed by atoms with van der Waals surface area (Å²) in [5, 5.41) is 3.56. The third-order valence-corrected chi connectivity index (χ3v) is 4.73. The number of aromatic nitrogens is 1. The van der Waals surface area contributed by atoms with E-state index in [9.17, 15) is 4.79 Å². The van der Waals surface area contributed by atoms with Crippen LogP contribution in [0.2, 0.25) is 0 Å². The van der Waals surface area contributed by atoms with Crippen molar-refractivity contribution in [2.45, 2.75) is 64.6 Å². The molecule has 1 atom stereocenters. The molecule has 1 N–H and O–H groups in total. The van der Waals surface area contributed by atoms with Gasteiger partial charge in [-0.1, -0.05) is 6.92 Å². The Bertz CT molecular complexity index is 504. The van der Waals surface area contributed by atoms with Crippen LogP contribution in [0.5, 0.6) is 0 Å². The molecule has 0 aromatic carbocycles. The van der Waals surface area contributed by atoms with Crippen molar-refractivity contribution in [3.8, 4) is 0 Å². The first kappa shape index (κ1) is 14.6. The normalized spacial score (nSPS) is 21.1. The van der Waals surface area contributed by atoms with Crippen LogP contribution in [0.25, 0.3) is 0 Å². The van der Waals surface area contributed by atoms with Crippen molar-refractivity contribution >= 4 is 5.91 Å². The van der Waals surface area contributed by atoms with Crippen molar-refractivity contribution in [1.82, 2.24) is 14.8 Å². The highest BCUT2D eigenvalue weighted by Gasteiger charge is 2.31. The number of aryl methyl sites for hydroxylation is 1. The number of rotatable bonds is 6. The Morgan fingerprint density at radius 2 is 2.14 bits per heavy atom. The Hall–Kier alpha value is -1.29. The number of nitrogens with one attached hydrogen (secondary N) is 1. The average molecular weight is 289 g/mol. The molecule has 0 saturated heterocycles. The smallest absolute Gasteiger partial charge is 0.242 e. The number of carbonyl (C=O) groups is 1. The van der Waals surface area contributed by atoms with Crippen molar-refractivity contribution in [3.05, 3.63) is 23.5 Å². The maximum atomic E-state index is 12.4. The van der Waals surface area contributed by atoms with E-state index in [4.69, 9.17) is 0 Å². The molecule has 116 valence electrons. The molecule has 1 aromatic rings. The highest BCUT2D eigenvalue weighted by molar-refractivity contribution is 5.76. The standard InChI is InChI=1S/C17H27N3O/c1-3-18-16-7-5-6-13-10-19(11-15(13)16)12-17(21)20(4-2)14-8-9-14/h10-11,14,16,18H,3-9,12H2,1-2H3. The first-order valence-electron chi connectivity index (χ1n) is 8.44. The third kappa shape index (κ3) is 3.15. The van der Waals surface area contributed by atoms with Gasteiger partial charge in [0.25, 0.3) is 0 Å². The van der Waals surface area contributed by atoms with Gasteiger partial charge in [0, 0.05) is 31.0 Å². The van der Waals surface area contributed by atoms with Crippen molar-refractivity contribution in [2.75, 3.05) is 13.1 Å². The number of hydrogen-bond donors (Lipinski definition) is 1. The lowest BCUT2D eigenvalue weighted by atomic mass is 9.91. The van der Waals surface area contributed by atoms with Crippen LogP contribution in [-0.4, -0.2) is 34.5 Å². The third-order valence-electron chi connectivity index (χ3n) is 4.73. The zero-order valence-corrected chi connectivity index (χ0v) is 13.3. The van der Waals surface area contributed by atoms with Crippen LogP contribution in [0.4, 0.5) is 0 Å². The van der Waals surface area contributed by atoms with Crippen molar-refractivity contribution in [2.24, 2.45) is 0 Å². The molecule has 3 rings (SSSR count). The second-order valence-electron chi connectivity index (χ2n) is 6.32. The van der Waals surface area contributed by atoms with E-state index in [2.05, 4.69) is 36.1 Å². The van der Waals surface area contributed by atoms with E-state index >= 15 is 0 Å². The Labute approximate surface area is 127 Å². The van der Waals surface area contributed by atoms with Gasteiger partial charge in [0.2, 0.25) is 5.91 Å². The molecule has 1 aromatic heterocycles. The van der Waals surface area contributed by atoms with Crippen molar-refractivity contribution < 1.29 is 4.79 Å². The Morgan fingerprint density at radius 1 is 1.33 bits per heavy atom. The average Bonchev–Trinajstić information content (AvgIpc) is 3.20. The maximum Gasteiger partial charge on any atom is 0.242 e. The summed E-state index contributed by atoms with van der Waals surface area (Å²) in [7, 11) is 0. The van der Waals surface area contributed by atoms with Crippen LogP contribution in [0.1, 0.15) is 56.7 Å².